The molecular weight excluding hydrogens is 358 g/mol. The van der Waals surface area contributed by atoms with Gasteiger partial charge in [-0.3, -0.25) is 14.8 Å². The summed E-state index contributed by atoms with van der Waals surface area (Å²) in [4.78, 5) is 22.0. The summed E-state index contributed by atoms with van der Waals surface area (Å²) < 4.78 is 0. The smallest absolute Gasteiger partial charge is 0.161 e. The van der Waals surface area contributed by atoms with Gasteiger partial charge in [-0.05, 0) is 48.6 Å². The lowest BCUT2D eigenvalue weighted by Gasteiger charge is -2.34. The van der Waals surface area contributed by atoms with Crippen LogP contribution in [0.25, 0.3) is 0 Å². The van der Waals surface area contributed by atoms with Gasteiger partial charge in [0, 0.05) is 46.7 Å². The molecule has 2 aliphatic rings. The lowest BCUT2D eigenvalue weighted by molar-refractivity contribution is -0.116. The number of hydrogen-bond acceptors (Lipinski definition) is 4. The van der Waals surface area contributed by atoms with E-state index in [4.69, 9.17) is 11.6 Å². The molecule has 27 heavy (non-hydrogen) atoms. The van der Waals surface area contributed by atoms with E-state index in [9.17, 15) is 10.1 Å². The highest BCUT2D eigenvalue weighted by atomic mass is 35.5. The molecule has 1 aliphatic heterocycles. The molecule has 0 bridgehead atoms. The maximum Gasteiger partial charge on any atom is 0.161 e. The van der Waals surface area contributed by atoms with Crippen LogP contribution in [0, 0.1) is 17.2 Å². The molecule has 134 valence electrons. The van der Waals surface area contributed by atoms with Crippen LogP contribution in [0.15, 0.2) is 65.1 Å². The van der Waals surface area contributed by atoms with Crippen LogP contribution in [0.5, 0.6) is 0 Å². The van der Waals surface area contributed by atoms with Gasteiger partial charge in [0.2, 0.25) is 0 Å². The van der Waals surface area contributed by atoms with Crippen LogP contribution >= 0.6 is 11.6 Å². The minimum Gasteiger partial charge on any atom is -0.294 e. The van der Waals surface area contributed by atoms with Gasteiger partial charge in [0.1, 0.15) is 0 Å². The molecule has 1 aromatic heterocycles. The van der Waals surface area contributed by atoms with Crippen LogP contribution < -0.4 is 0 Å². The van der Waals surface area contributed by atoms with E-state index in [0.717, 1.165) is 22.5 Å². The Morgan fingerprint density at radius 1 is 1.15 bits per heavy atom. The molecule has 0 saturated carbocycles. The molecule has 0 saturated heterocycles. The van der Waals surface area contributed by atoms with E-state index in [-0.39, 0.29) is 17.6 Å². The lowest BCUT2D eigenvalue weighted by atomic mass is 9.70. The summed E-state index contributed by atoms with van der Waals surface area (Å²) in [6.45, 7) is 1.87. The number of ketones is 1. The summed E-state index contributed by atoms with van der Waals surface area (Å²) in [5.74, 6) is -0.585. The summed E-state index contributed by atoms with van der Waals surface area (Å²) in [7, 11) is 0. The van der Waals surface area contributed by atoms with Crippen LogP contribution in [0.3, 0.4) is 0 Å². The van der Waals surface area contributed by atoms with Gasteiger partial charge in [-0.2, -0.15) is 5.26 Å². The molecule has 2 aromatic rings. The Morgan fingerprint density at radius 2 is 1.93 bits per heavy atom. The number of pyridine rings is 1. The number of hydrogen-bond donors (Lipinski definition) is 0. The molecule has 1 unspecified atom stereocenters. The minimum atomic E-state index is -0.441. The number of carbonyl (C=O) groups excluding carboxylic acids is 1. The van der Waals surface area contributed by atoms with E-state index in [1.807, 2.05) is 43.3 Å². The van der Waals surface area contributed by atoms with Crippen molar-refractivity contribution in [2.24, 2.45) is 10.9 Å². The Labute approximate surface area is 163 Å². The molecular formula is C22H18ClN3O. The number of aliphatic imine (C=N–C) groups is 1. The predicted octanol–water partition coefficient (Wildman–Crippen LogP) is 4.83. The molecule has 0 N–H and O–H groups in total. The first-order valence-electron chi connectivity index (χ1n) is 8.95. The molecule has 1 aromatic carbocycles. The summed E-state index contributed by atoms with van der Waals surface area (Å²) in [6.07, 6.45) is 4.55. The van der Waals surface area contributed by atoms with Gasteiger partial charge in [0.25, 0.3) is 0 Å². The second-order valence-electron chi connectivity index (χ2n) is 7.06. The first-order valence-corrected chi connectivity index (χ1v) is 9.32. The first kappa shape index (κ1) is 17.6. The van der Waals surface area contributed by atoms with Crippen molar-refractivity contribution in [2.45, 2.75) is 31.6 Å². The van der Waals surface area contributed by atoms with Gasteiger partial charge in [-0.1, -0.05) is 29.8 Å². The number of halogens is 1. The summed E-state index contributed by atoms with van der Waals surface area (Å²) in [6, 6.07) is 13.8. The van der Waals surface area contributed by atoms with E-state index < -0.39 is 5.92 Å². The van der Waals surface area contributed by atoms with Crippen molar-refractivity contribution in [1.82, 2.24) is 4.98 Å². The van der Waals surface area contributed by atoms with Gasteiger partial charge in [-0.25, -0.2) is 0 Å². The molecule has 0 fully saturated rings. The average Bonchev–Trinajstić information content (AvgIpc) is 2.68. The monoisotopic (exact) mass is 375 g/mol. The first-order chi connectivity index (χ1) is 13.1. The number of rotatable bonds is 2. The molecule has 0 amide bonds. The topological polar surface area (TPSA) is 66.1 Å². The van der Waals surface area contributed by atoms with Gasteiger partial charge in [0.05, 0.1) is 12.0 Å². The third-order valence-electron chi connectivity index (χ3n) is 5.41. The number of benzene rings is 1. The van der Waals surface area contributed by atoms with Crippen molar-refractivity contribution in [3.63, 3.8) is 0 Å². The number of nitriles is 1. The summed E-state index contributed by atoms with van der Waals surface area (Å²) in [5.41, 5.74) is 4.24. The van der Waals surface area contributed by atoms with Crippen molar-refractivity contribution in [3.05, 3.63) is 76.2 Å². The Hall–Kier alpha value is -2.77. The van der Waals surface area contributed by atoms with E-state index in [2.05, 4.69) is 16.0 Å². The molecule has 3 atom stereocenters. The maximum atomic E-state index is 13.1. The summed E-state index contributed by atoms with van der Waals surface area (Å²) >= 11 is 5.99. The predicted molar refractivity (Wildman–Crippen MR) is 105 cm³/mol. The zero-order valence-corrected chi connectivity index (χ0v) is 15.6. The lowest BCUT2D eigenvalue weighted by Crippen LogP contribution is -2.32. The zero-order valence-electron chi connectivity index (χ0n) is 14.9. The SMILES string of the molecule is CC1=NC2=C(C(=O)C[C@H](c3ccc(Cl)cc3)C2)[C@H](c2cccnc2)C1C#N. The Kier molecular flexibility index (Phi) is 4.63. The molecule has 1 aliphatic carbocycles. The fraction of sp³-hybridized carbons (Fsp3) is 0.273. The largest absolute Gasteiger partial charge is 0.294 e. The van der Waals surface area contributed by atoms with Crippen LogP contribution in [-0.2, 0) is 4.79 Å². The van der Waals surface area contributed by atoms with E-state index in [1.165, 1.54) is 0 Å². The second-order valence-corrected chi connectivity index (χ2v) is 7.50. The zero-order chi connectivity index (χ0) is 19.0. The highest BCUT2D eigenvalue weighted by Crippen LogP contribution is 2.46. The van der Waals surface area contributed by atoms with Gasteiger partial charge < -0.3 is 0 Å². The Bertz CT molecular complexity index is 986. The van der Waals surface area contributed by atoms with Crippen molar-refractivity contribution < 1.29 is 4.79 Å². The Balaban J connectivity index is 1.78. The fourth-order valence-electron chi connectivity index (χ4n) is 4.12. The average molecular weight is 376 g/mol. The molecule has 0 spiro atoms. The highest BCUT2D eigenvalue weighted by molar-refractivity contribution is 6.30. The van der Waals surface area contributed by atoms with Crippen molar-refractivity contribution in [1.29, 1.82) is 5.26 Å². The quantitative estimate of drug-likeness (QED) is 0.754. The summed E-state index contributed by atoms with van der Waals surface area (Å²) in [5, 5.41) is 10.4. The second kappa shape index (κ2) is 7.09. The Morgan fingerprint density at radius 3 is 2.59 bits per heavy atom. The number of carbonyl (C=O) groups is 1. The van der Waals surface area contributed by atoms with Crippen LogP contribution in [0.4, 0.5) is 0 Å². The molecule has 0 radical (unpaired) electrons. The van der Waals surface area contributed by atoms with Crippen LogP contribution in [0.1, 0.15) is 42.7 Å². The maximum absolute atomic E-state index is 13.1. The van der Waals surface area contributed by atoms with Crippen molar-refractivity contribution in [2.75, 3.05) is 0 Å². The number of aromatic nitrogens is 1. The van der Waals surface area contributed by atoms with Gasteiger partial charge in [-0.15, -0.1) is 0 Å². The molecule has 5 heteroatoms. The third-order valence-corrected chi connectivity index (χ3v) is 5.66. The van der Waals surface area contributed by atoms with Crippen LogP contribution in [-0.4, -0.2) is 16.5 Å². The molecule has 4 rings (SSSR count). The molecule has 4 nitrogen and oxygen atoms in total. The van der Waals surface area contributed by atoms with Crippen molar-refractivity contribution >= 4 is 23.1 Å². The normalized spacial score (nSPS) is 24.9. The number of allylic oxidation sites excluding steroid dienone is 2. The highest BCUT2D eigenvalue weighted by Gasteiger charge is 2.41. The van der Waals surface area contributed by atoms with Crippen molar-refractivity contribution in [3.8, 4) is 6.07 Å². The van der Waals surface area contributed by atoms with E-state index in [0.29, 0.717) is 23.4 Å². The van der Waals surface area contributed by atoms with E-state index >= 15 is 0 Å². The fourth-order valence-corrected chi connectivity index (χ4v) is 4.24. The van der Waals surface area contributed by atoms with E-state index in [1.54, 1.807) is 12.4 Å². The van der Waals surface area contributed by atoms with Gasteiger partial charge in [0.15, 0.2) is 5.78 Å². The van der Waals surface area contributed by atoms with Gasteiger partial charge >= 0.3 is 0 Å². The minimum absolute atomic E-state index is 0.0709. The standard InChI is InChI=1S/C22H18ClN3O/c1-13-18(11-24)21(15-3-2-8-25-12-15)22-19(26-13)9-16(10-20(22)27)14-4-6-17(23)7-5-14/h2-8,12,16,18,21H,9-10H2,1H3/t16-,18?,21-/m1/s1. The third kappa shape index (κ3) is 3.20. The number of nitrogens with zero attached hydrogens (tertiary/aromatic N) is 3. The number of Topliss-reactive ketones (excluding diaryl/α,β-unsaturated/α-hetero) is 1. The molecule has 2 heterocycles. The van der Waals surface area contributed by atoms with Crippen LogP contribution in [0.2, 0.25) is 5.02 Å².